The Morgan fingerprint density at radius 1 is 1.07 bits per heavy atom. The summed E-state index contributed by atoms with van der Waals surface area (Å²) in [7, 11) is 0. The number of piperidine rings is 1. The van der Waals surface area contributed by atoms with Crippen molar-refractivity contribution in [2.24, 2.45) is 0 Å². The number of H-pyrrole nitrogens is 1. The van der Waals surface area contributed by atoms with Gasteiger partial charge in [-0.25, -0.2) is 9.67 Å². The minimum atomic E-state index is -0.0200. The Balaban J connectivity index is 1.43. The molecule has 0 spiro atoms. The fourth-order valence-corrected chi connectivity index (χ4v) is 3.90. The predicted molar refractivity (Wildman–Crippen MR) is 102 cm³/mol. The molecule has 1 aliphatic rings. The van der Waals surface area contributed by atoms with Gasteiger partial charge in [-0.1, -0.05) is 29.5 Å². The minimum Gasteiger partial charge on any atom is -0.340 e. The number of hydrogen-bond donors (Lipinski definition) is 1. The third kappa shape index (κ3) is 2.85. The summed E-state index contributed by atoms with van der Waals surface area (Å²) >= 11 is 0. The smallest absolute Gasteiger partial charge is 0.245 e. The Morgan fingerprint density at radius 3 is 2.78 bits per heavy atom. The second-order valence-corrected chi connectivity index (χ2v) is 6.97. The van der Waals surface area contributed by atoms with Crippen molar-refractivity contribution in [2.45, 2.75) is 31.8 Å². The molecule has 0 aliphatic carbocycles. The number of imidazole rings is 1. The summed E-state index contributed by atoms with van der Waals surface area (Å²) < 4.78 is 1.68. The van der Waals surface area contributed by atoms with E-state index in [-0.39, 0.29) is 18.5 Å². The van der Waals surface area contributed by atoms with Crippen LogP contribution in [0.15, 0.2) is 48.5 Å². The lowest BCUT2D eigenvalue weighted by Crippen LogP contribution is -2.40. The van der Waals surface area contributed by atoms with E-state index in [1.165, 1.54) is 0 Å². The van der Waals surface area contributed by atoms with Crippen LogP contribution in [0.2, 0.25) is 0 Å². The maximum absolute atomic E-state index is 13.1. The molecule has 7 nitrogen and oxygen atoms in total. The molecule has 1 atom stereocenters. The average molecular weight is 360 g/mol. The zero-order valence-electron chi connectivity index (χ0n) is 14.9. The number of aromatic amines is 1. The van der Waals surface area contributed by atoms with Gasteiger partial charge < -0.3 is 9.88 Å². The second-order valence-electron chi connectivity index (χ2n) is 6.97. The van der Waals surface area contributed by atoms with E-state index in [0.717, 1.165) is 53.7 Å². The lowest BCUT2D eigenvalue weighted by molar-refractivity contribution is -0.136. The Kier molecular flexibility index (Phi) is 3.85. The number of nitrogens with one attached hydrogen (secondary N) is 1. The maximum atomic E-state index is 13.1. The van der Waals surface area contributed by atoms with E-state index < -0.39 is 0 Å². The number of para-hydroxylation sites is 3. The minimum absolute atomic E-state index is 0.0200. The normalized spacial score (nSPS) is 17.6. The summed E-state index contributed by atoms with van der Waals surface area (Å²) in [5, 5.41) is 8.30. The first-order chi connectivity index (χ1) is 13.3. The standard InChI is InChI=1S/C20H20N6O/c27-19(13-26-17-10-4-3-9-16(17)23-24-26)25-12-6-5-11-18(25)20-21-14-7-1-2-8-15(14)22-20/h1-4,7-10,18H,5-6,11-13H2,(H,21,22)/t18-/m0/s1. The highest BCUT2D eigenvalue weighted by Crippen LogP contribution is 2.30. The fourth-order valence-electron chi connectivity index (χ4n) is 3.90. The lowest BCUT2D eigenvalue weighted by Gasteiger charge is -2.34. The molecule has 4 aromatic rings. The lowest BCUT2D eigenvalue weighted by atomic mass is 10.0. The van der Waals surface area contributed by atoms with Crippen molar-refractivity contribution in [3.8, 4) is 0 Å². The van der Waals surface area contributed by atoms with E-state index in [2.05, 4.69) is 15.3 Å². The van der Waals surface area contributed by atoms with E-state index in [4.69, 9.17) is 4.98 Å². The molecule has 1 aliphatic heterocycles. The molecule has 3 heterocycles. The van der Waals surface area contributed by atoms with Crippen LogP contribution in [0.4, 0.5) is 0 Å². The van der Waals surface area contributed by atoms with Crippen LogP contribution in [-0.4, -0.2) is 42.3 Å². The summed E-state index contributed by atoms with van der Waals surface area (Å²) in [5.74, 6) is 0.920. The molecule has 0 saturated carbocycles. The van der Waals surface area contributed by atoms with Gasteiger partial charge in [0.25, 0.3) is 0 Å². The molecule has 136 valence electrons. The SMILES string of the molecule is O=C(Cn1nnc2ccccc21)N1CCCC[C@H]1c1nc2ccccc2[nH]1. The molecule has 0 unspecified atom stereocenters. The number of aromatic nitrogens is 5. The fraction of sp³-hybridized carbons (Fsp3) is 0.300. The van der Waals surface area contributed by atoms with Gasteiger partial charge in [-0.15, -0.1) is 5.10 Å². The van der Waals surface area contributed by atoms with Crippen LogP contribution in [0, 0.1) is 0 Å². The Bertz CT molecular complexity index is 1080. The highest BCUT2D eigenvalue weighted by atomic mass is 16.2. The molecule has 1 saturated heterocycles. The van der Waals surface area contributed by atoms with E-state index in [1.54, 1.807) is 4.68 Å². The zero-order valence-corrected chi connectivity index (χ0v) is 14.9. The van der Waals surface area contributed by atoms with E-state index in [9.17, 15) is 4.79 Å². The molecule has 2 aromatic carbocycles. The largest absolute Gasteiger partial charge is 0.340 e. The molecule has 7 heteroatoms. The topological polar surface area (TPSA) is 79.7 Å². The van der Waals surface area contributed by atoms with Crippen molar-refractivity contribution in [2.75, 3.05) is 6.54 Å². The highest BCUT2D eigenvalue weighted by Gasteiger charge is 2.30. The quantitative estimate of drug-likeness (QED) is 0.609. The molecule has 27 heavy (non-hydrogen) atoms. The second kappa shape index (κ2) is 6.50. The van der Waals surface area contributed by atoms with Crippen LogP contribution in [-0.2, 0) is 11.3 Å². The van der Waals surface area contributed by atoms with Crippen molar-refractivity contribution >= 4 is 28.0 Å². The summed E-state index contributed by atoms with van der Waals surface area (Å²) in [6.45, 7) is 0.935. The van der Waals surface area contributed by atoms with Gasteiger partial charge in [-0.3, -0.25) is 4.79 Å². The molecular weight excluding hydrogens is 340 g/mol. The molecule has 1 fully saturated rings. The predicted octanol–water partition coefficient (Wildman–Crippen LogP) is 3.06. The maximum Gasteiger partial charge on any atom is 0.245 e. The third-order valence-electron chi connectivity index (χ3n) is 5.25. The van der Waals surface area contributed by atoms with Crippen molar-refractivity contribution in [3.63, 3.8) is 0 Å². The number of carbonyl (C=O) groups excluding carboxylic acids is 1. The molecule has 0 bridgehead atoms. The number of hydrogen-bond acceptors (Lipinski definition) is 4. The molecule has 0 radical (unpaired) electrons. The first-order valence-corrected chi connectivity index (χ1v) is 9.32. The van der Waals surface area contributed by atoms with E-state index >= 15 is 0 Å². The Labute approximate surface area is 156 Å². The number of likely N-dealkylation sites (tertiary alicyclic amines) is 1. The van der Waals surface area contributed by atoms with E-state index in [0.29, 0.717) is 0 Å². The van der Waals surface area contributed by atoms with Crippen molar-refractivity contribution in [1.82, 2.24) is 29.9 Å². The van der Waals surface area contributed by atoms with Crippen LogP contribution >= 0.6 is 0 Å². The average Bonchev–Trinajstić information content (AvgIpc) is 3.32. The summed E-state index contributed by atoms with van der Waals surface area (Å²) in [6, 6.07) is 15.7. The summed E-state index contributed by atoms with van der Waals surface area (Å²) in [6.07, 6.45) is 3.03. The van der Waals surface area contributed by atoms with Gasteiger partial charge in [0.05, 0.1) is 22.6 Å². The van der Waals surface area contributed by atoms with Crippen LogP contribution < -0.4 is 0 Å². The number of fused-ring (bicyclic) bond motifs is 2. The van der Waals surface area contributed by atoms with Gasteiger partial charge in [-0.2, -0.15) is 0 Å². The highest BCUT2D eigenvalue weighted by molar-refractivity contribution is 5.80. The van der Waals surface area contributed by atoms with Gasteiger partial charge in [0.1, 0.15) is 17.9 Å². The third-order valence-corrected chi connectivity index (χ3v) is 5.25. The summed E-state index contributed by atoms with van der Waals surface area (Å²) in [5.41, 5.74) is 3.63. The number of rotatable bonds is 3. The van der Waals surface area contributed by atoms with Crippen LogP contribution in [0.25, 0.3) is 22.1 Å². The van der Waals surface area contributed by atoms with E-state index in [1.807, 2.05) is 53.4 Å². The zero-order chi connectivity index (χ0) is 18.2. The molecular formula is C20H20N6O. The van der Waals surface area contributed by atoms with Crippen LogP contribution in [0.1, 0.15) is 31.1 Å². The molecule has 5 rings (SSSR count). The van der Waals surface area contributed by atoms with Gasteiger partial charge in [0, 0.05) is 6.54 Å². The van der Waals surface area contributed by atoms with Crippen molar-refractivity contribution in [1.29, 1.82) is 0 Å². The number of carbonyl (C=O) groups is 1. The van der Waals surface area contributed by atoms with Gasteiger partial charge in [-0.05, 0) is 43.5 Å². The van der Waals surface area contributed by atoms with Gasteiger partial charge in [0.2, 0.25) is 5.91 Å². The Morgan fingerprint density at radius 2 is 1.89 bits per heavy atom. The van der Waals surface area contributed by atoms with Crippen molar-refractivity contribution < 1.29 is 4.79 Å². The molecule has 1 amide bonds. The monoisotopic (exact) mass is 360 g/mol. The number of amides is 1. The Hall–Kier alpha value is -3.22. The number of nitrogens with zero attached hydrogens (tertiary/aromatic N) is 5. The molecule has 2 aromatic heterocycles. The number of benzene rings is 2. The van der Waals surface area contributed by atoms with Crippen LogP contribution in [0.5, 0.6) is 0 Å². The van der Waals surface area contributed by atoms with Crippen LogP contribution in [0.3, 0.4) is 0 Å². The van der Waals surface area contributed by atoms with Gasteiger partial charge in [0.15, 0.2) is 0 Å². The first-order valence-electron chi connectivity index (χ1n) is 9.32. The summed E-state index contributed by atoms with van der Waals surface area (Å²) in [4.78, 5) is 23.2. The van der Waals surface area contributed by atoms with Gasteiger partial charge >= 0.3 is 0 Å². The first kappa shape index (κ1) is 16.0. The van der Waals surface area contributed by atoms with Crippen molar-refractivity contribution in [3.05, 3.63) is 54.4 Å². The molecule has 1 N–H and O–H groups in total.